The summed E-state index contributed by atoms with van der Waals surface area (Å²) in [5.74, 6) is -3.05. The number of nitrogens with one attached hydrogen (secondary N) is 1. The van der Waals surface area contributed by atoms with Crippen LogP contribution in [0.5, 0.6) is 0 Å². The first-order valence-electron chi connectivity index (χ1n) is 17.3. The lowest BCUT2D eigenvalue weighted by Crippen LogP contribution is -2.29. The third-order valence-electron chi connectivity index (χ3n) is 10.1. The number of ether oxygens (including phenoxy) is 1. The molecule has 276 valence electrons. The van der Waals surface area contributed by atoms with E-state index < -0.39 is 38.1 Å². The summed E-state index contributed by atoms with van der Waals surface area (Å²) < 4.78 is 80.7. The van der Waals surface area contributed by atoms with Gasteiger partial charge in [-0.1, -0.05) is 63.2 Å². The molecule has 8 nitrogen and oxygen atoms in total. The Morgan fingerprint density at radius 1 is 1.08 bits per heavy atom. The fourth-order valence-corrected chi connectivity index (χ4v) is 10.4. The number of carbonyl (C=O) groups excluding carboxylic acids is 1. The molecule has 0 aliphatic carbocycles. The largest absolute Gasteiger partial charge is 0.469 e. The number of rotatable bonds is 4. The summed E-state index contributed by atoms with van der Waals surface area (Å²) in [5.41, 5.74) is 0.892. The van der Waals surface area contributed by atoms with Gasteiger partial charge in [0.1, 0.15) is 5.82 Å². The zero-order valence-corrected chi connectivity index (χ0v) is 31.8. The zero-order valence-electron chi connectivity index (χ0n) is 30.1. The Bertz CT molecular complexity index is 2270. The SMILES string of the molecule is COC(=O)[C@@H](C)Cc1cccc([C@@]2(C)CCCC(C)(C)CS(=O)(=O)CCc3c(c(F)c(F)c4[nH]ccc34)Sc3ccc(F)c(c3)-c3nc2nn3C)c1. The van der Waals surface area contributed by atoms with E-state index in [4.69, 9.17) is 14.8 Å². The molecule has 0 spiro atoms. The Balaban J connectivity index is 1.50. The summed E-state index contributed by atoms with van der Waals surface area (Å²) >= 11 is 0.914. The van der Waals surface area contributed by atoms with E-state index in [1.165, 1.54) is 36.2 Å². The van der Waals surface area contributed by atoms with Crippen molar-refractivity contribution in [2.75, 3.05) is 18.6 Å². The van der Waals surface area contributed by atoms with Crippen LogP contribution in [-0.4, -0.2) is 52.8 Å². The van der Waals surface area contributed by atoms with E-state index in [1.807, 2.05) is 52.0 Å². The number of nitrogens with zero attached hydrogens (tertiary/aromatic N) is 3. The number of aromatic amines is 1. The number of fused-ring (bicyclic) bond motifs is 8. The van der Waals surface area contributed by atoms with Gasteiger partial charge in [-0.2, -0.15) is 5.10 Å². The predicted octanol–water partition coefficient (Wildman–Crippen LogP) is 8.36. The molecular weight excluding hydrogens is 710 g/mol. The van der Waals surface area contributed by atoms with E-state index in [-0.39, 0.29) is 51.6 Å². The highest BCUT2D eigenvalue weighted by atomic mass is 32.2. The fourth-order valence-electron chi connectivity index (χ4n) is 7.31. The van der Waals surface area contributed by atoms with Crippen LogP contribution < -0.4 is 0 Å². The van der Waals surface area contributed by atoms with Gasteiger partial charge in [0.25, 0.3) is 0 Å². The molecule has 6 rings (SSSR count). The van der Waals surface area contributed by atoms with Gasteiger partial charge >= 0.3 is 5.97 Å². The molecule has 3 heterocycles. The molecule has 1 N–H and O–H groups in total. The first-order valence-corrected chi connectivity index (χ1v) is 19.9. The average Bonchev–Trinajstić information content (AvgIpc) is 3.74. The molecule has 0 unspecified atom stereocenters. The van der Waals surface area contributed by atoms with Crippen LogP contribution in [0.15, 0.2) is 64.5 Å². The van der Waals surface area contributed by atoms with Crippen LogP contribution in [0, 0.1) is 28.8 Å². The molecule has 0 amide bonds. The minimum Gasteiger partial charge on any atom is -0.469 e. The quantitative estimate of drug-likeness (QED) is 0.184. The maximum absolute atomic E-state index is 15.8. The summed E-state index contributed by atoms with van der Waals surface area (Å²) in [6, 6.07) is 13.8. The van der Waals surface area contributed by atoms with E-state index >= 15 is 13.2 Å². The van der Waals surface area contributed by atoms with E-state index in [9.17, 15) is 13.2 Å². The molecule has 2 atom stereocenters. The number of esters is 1. The number of aromatic nitrogens is 4. The molecule has 13 heteroatoms. The Morgan fingerprint density at radius 2 is 1.85 bits per heavy atom. The maximum Gasteiger partial charge on any atom is 0.308 e. The van der Waals surface area contributed by atoms with Crippen LogP contribution in [0.1, 0.15) is 69.5 Å². The lowest BCUT2D eigenvalue weighted by Gasteiger charge is -2.31. The molecule has 0 fully saturated rings. The molecule has 1 aliphatic heterocycles. The first kappa shape index (κ1) is 37.7. The zero-order chi connectivity index (χ0) is 37.6. The Kier molecular flexibility index (Phi) is 10.4. The highest BCUT2D eigenvalue weighted by Gasteiger charge is 2.36. The van der Waals surface area contributed by atoms with Crippen molar-refractivity contribution < 1.29 is 31.1 Å². The molecule has 1 aliphatic rings. The lowest BCUT2D eigenvalue weighted by molar-refractivity contribution is -0.144. The van der Waals surface area contributed by atoms with Crippen LogP contribution in [0.25, 0.3) is 22.3 Å². The molecule has 0 saturated carbocycles. The predicted molar refractivity (Wildman–Crippen MR) is 197 cm³/mol. The van der Waals surface area contributed by atoms with Gasteiger partial charge in [0, 0.05) is 23.5 Å². The van der Waals surface area contributed by atoms with E-state index in [0.717, 1.165) is 22.9 Å². The third-order valence-corrected chi connectivity index (χ3v) is 13.3. The van der Waals surface area contributed by atoms with Crippen LogP contribution in [-0.2, 0) is 44.7 Å². The van der Waals surface area contributed by atoms with Gasteiger partial charge in [0.2, 0.25) is 0 Å². The Hall–Kier alpha value is -4.10. The number of carbonyl (C=O) groups is 1. The summed E-state index contributed by atoms with van der Waals surface area (Å²) in [6.07, 6.45) is 3.66. The van der Waals surface area contributed by atoms with Crippen molar-refractivity contribution in [2.45, 2.75) is 75.0 Å². The van der Waals surface area contributed by atoms with Crippen LogP contribution >= 0.6 is 11.8 Å². The highest BCUT2D eigenvalue weighted by molar-refractivity contribution is 7.99. The summed E-state index contributed by atoms with van der Waals surface area (Å²) in [5, 5.41) is 5.22. The lowest BCUT2D eigenvalue weighted by atomic mass is 9.75. The van der Waals surface area contributed by atoms with Crippen molar-refractivity contribution in [3.05, 3.63) is 94.7 Å². The number of benzene rings is 3. The van der Waals surface area contributed by atoms with Gasteiger partial charge in [-0.25, -0.2) is 31.3 Å². The van der Waals surface area contributed by atoms with Gasteiger partial charge in [-0.3, -0.25) is 4.79 Å². The summed E-state index contributed by atoms with van der Waals surface area (Å²) in [4.78, 5) is 20.3. The summed E-state index contributed by atoms with van der Waals surface area (Å²) in [7, 11) is -0.595. The van der Waals surface area contributed by atoms with Gasteiger partial charge in [-0.15, -0.1) is 0 Å². The average molecular weight is 753 g/mol. The number of aryl methyl sites for hydroxylation is 2. The number of H-pyrrole nitrogens is 1. The monoisotopic (exact) mass is 752 g/mol. The normalized spacial score (nSPS) is 19.7. The topological polar surface area (TPSA) is 107 Å². The second-order valence-corrected chi connectivity index (χ2v) is 18.1. The van der Waals surface area contributed by atoms with Crippen molar-refractivity contribution in [3.8, 4) is 11.4 Å². The number of methoxy groups -OCH3 is 1. The number of sulfone groups is 1. The second kappa shape index (κ2) is 14.4. The summed E-state index contributed by atoms with van der Waals surface area (Å²) in [6.45, 7) is 7.68. The molecule has 2 aromatic heterocycles. The standard InChI is InChI=1S/C39H43F3N4O4S2/c1-23(36(47)50-6)19-24-9-7-10-25(20-24)39(4)16-8-15-38(2,3)22-52(48,49)18-14-28-27-13-17-43-33(27)31(41)32(42)34(28)51-26-11-12-30(40)29(21-26)35-44-37(39)45-46(35)5/h7,9-13,17,20-21,23,43H,8,14-16,18-19,22H2,1-6H3/t23-,39+/m0/s1. The Morgan fingerprint density at radius 3 is 2.60 bits per heavy atom. The highest BCUT2D eigenvalue weighted by Crippen LogP contribution is 2.42. The molecule has 0 radical (unpaired) electrons. The molecule has 0 saturated heterocycles. The van der Waals surface area contributed by atoms with Crippen LogP contribution in [0.3, 0.4) is 0 Å². The van der Waals surface area contributed by atoms with Crippen LogP contribution in [0.2, 0.25) is 0 Å². The smallest absolute Gasteiger partial charge is 0.308 e. The van der Waals surface area contributed by atoms with Crippen LogP contribution in [0.4, 0.5) is 13.2 Å². The molecular formula is C39H43F3N4O4S2. The van der Waals surface area contributed by atoms with Gasteiger partial charge in [0.05, 0.1) is 45.9 Å². The number of halogens is 3. The van der Waals surface area contributed by atoms with Gasteiger partial charge in [-0.05, 0) is 79.0 Å². The van der Waals surface area contributed by atoms with Gasteiger partial charge < -0.3 is 9.72 Å². The van der Waals surface area contributed by atoms with Gasteiger partial charge in [0.15, 0.2) is 33.1 Å². The molecule has 4 bridgehead atoms. The second-order valence-electron chi connectivity index (χ2n) is 14.8. The van der Waals surface area contributed by atoms with E-state index in [1.54, 1.807) is 13.1 Å². The van der Waals surface area contributed by atoms with Crippen molar-refractivity contribution in [2.24, 2.45) is 18.4 Å². The fraction of sp³-hybridized carbons (Fsp3) is 0.410. The third kappa shape index (κ3) is 7.52. The Labute approximate surface area is 306 Å². The molecule has 52 heavy (non-hydrogen) atoms. The van der Waals surface area contributed by atoms with E-state index in [2.05, 4.69) is 4.98 Å². The van der Waals surface area contributed by atoms with Crippen molar-refractivity contribution in [1.29, 1.82) is 0 Å². The van der Waals surface area contributed by atoms with Crippen molar-refractivity contribution >= 4 is 38.5 Å². The maximum atomic E-state index is 15.8. The minimum atomic E-state index is -3.64. The number of hydrogen-bond acceptors (Lipinski definition) is 7. The molecule has 5 aromatic rings. The van der Waals surface area contributed by atoms with E-state index in [0.29, 0.717) is 47.4 Å². The van der Waals surface area contributed by atoms with Crippen molar-refractivity contribution in [3.63, 3.8) is 0 Å². The number of hydrogen-bond donors (Lipinski definition) is 1. The first-order chi connectivity index (χ1) is 24.5. The van der Waals surface area contributed by atoms with Crippen molar-refractivity contribution in [1.82, 2.24) is 19.7 Å². The minimum absolute atomic E-state index is 0.0317. The molecule has 3 aromatic carbocycles.